The second kappa shape index (κ2) is 13.4. The van der Waals surface area contributed by atoms with E-state index in [1.165, 1.54) is 56.7 Å². The fraction of sp³-hybridized carbons (Fsp3) is 0.343. The summed E-state index contributed by atoms with van der Waals surface area (Å²) >= 11 is 0. The van der Waals surface area contributed by atoms with E-state index < -0.39 is 46.5 Å². The van der Waals surface area contributed by atoms with Gasteiger partial charge in [0.2, 0.25) is 0 Å². The summed E-state index contributed by atoms with van der Waals surface area (Å²) in [6.07, 6.45) is 7.00. The Bertz CT molecular complexity index is 1570. The van der Waals surface area contributed by atoms with Crippen LogP contribution in [0.4, 0.5) is 30.7 Å². The SMILES string of the molecule is CCCCCC1CCC(c2ccc(-c3ccc(-c4cc(F)c(C(F)(F)Oc5ccc(F)c(F)c5)c(F)c4)c(F)c3)nc2)CC1. The molecule has 0 radical (unpaired) electrons. The summed E-state index contributed by atoms with van der Waals surface area (Å²) in [5.41, 5.74) is -0.164. The molecule has 0 bridgehead atoms. The largest absolute Gasteiger partial charge is 0.432 e. The first-order valence-corrected chi connectivity index (χ1v) is 14.8. The number of rotatable bonds is 10. The first-order valence-electron chi connectivity index (χ1n) is 14.8. The van der Waals surface area contributed by atoms with Crippen LogP contribution in [-0.4, -0.2) is 4.98 Å². The maximum Gasteiger partial charge on any atom is 0.432 e. The molecule has 0 saturated heterocycles. The van der Waals surface area contributed by atoms with Gasteiger partial charge in [-0.05, 0) is 85.0 Å². The number of hydrogen-bond acceptors (Lipinski definition) is 2. The van der Waals surface area contributed by atoms with Gasteiger partial charge in [0.25, 0.3) is 0 Å². The molecule has 0 aliphatic heterocycles. The van der Waals surface area contributed by atoms with Crippen molar-refractivity contribution in [2.75, 3.05) is 0 Å². The van der Waals surface area contributed by atoms with Crippen molar-refractivity contribution in [1.82, 2.24) is 4.98 Å². The molecule has 1 aliphatic rings. The first kappa shape index (κ1) is 31.5. The summed E-state index contributed by atoms with van der Waals surface area (Å²) in [5, 5.41) is 0. The zero-order valence-corrected chi connectivity index (χ0v) is 24.2. The highest BCUT2D eigenvalue weighted by atomic mass is 19.3. The van der Waals surface area contributed by atoms with E-state index in [0.29, 0.717) is 47.5 Å². The monoisotopic (exact) mass is 615 g/mol. The molecule has 0 unspecified atom stereocenters. The molecule has 1 aliphatic carbocycles. The fourth-order valence-corrected chi connectivity index (χ4v) is 5.94. The number of alkyl halides is 2. The summed E-state index contributed by atoms with van der Waals surface area (Å²) in [5.74, 6) is -6.63. The van der Waals surface area contributed by atoms with E-state index in [9.17, 15) is 26.3 Å². The van der Waals surface area contributed by atoms with Crippen molar-refractivity contribution in [3.63, 3.8) is 0 Å². The Kier molecular flexibility index (Phi) is 9.61. The van der Waals surface area contributed by atoms with E-state index in [0.717, 1.165) is 24.3 Å². The molecule has 3 aromatic carbocycles. The molecule has 9 heteroatoms. The number of pyridine rings is 1. The molecule has 0 N–H and O–H groups in total. The number of aromatic nitrogens is 1. The summed E-state index contributed by atoms with van der Waals surface area (Å²) in [6.45, 7) is 2.21. The Morgan fingerprint density at radius 2 is 1.43 bits per heavy atom. The van der Waals surface area contributed by atoms with E-state index in [1.807, 2.05) is 18.3 Å². The molecule has 0 atom stereocenters. The second-order valence-corrected chi connectivity index (χ2v) is 11.4. The number of nitrogens with zero attached hydrogens (tertiary/aromatic N) is 1. The molecule has 1 fully saturated rings. The number of halogens is 7. The van der Waals surface area contributed by atoms with Gasteiger partial charge in [-0.1, -0.05) is 50.8 Å². The summed E-state index contributed by atoms with van der Waals surface area (Å²) in [6, 6.07) is 10.5. The number of ether oxygens (including phenoxy) is 1. The van der Waals surface area contributed by atoms with Gasteiger partial charge in [-0.3, -0.25) is 4.98 Å². The normalized spacial score (nSPS) is 17.1. The quantitative estimate of drug-likeness (QED) is 0.131. The van der Waals surface area contributed by atoms with Gasteiger partial charge >= 0.3 is 6.11 Å². The van der Waals surface area contributed by atoms with Crippen LogP contribution in [0.5, 0.6) is 5.75 Å². The van der Waals surface area contributed by atoms with Crippen molar-refractivity contribution in [2.24, 2.45) is 5.92 Å². The average Bonchev–Trinajstić information content (AvgIpc) is 2.99. The zero-order chi connectivity index (χ0) is 31.4. The Balaban J connectivity index is 1.29. The standard InChI is InChI=1S/C35H32F7NO/c1-2-3-4-5-21-6-8-22(9-7-21)24-11-15-33(43-20-24)23-10-13-27(29(37)16-23)25-17-31(39)34(32(40)18-25)35(41,42)44-26-12-14-28(36)30(38)19-26/h10-22H,2-9H2,1H3. The lowest BCUT2D eigenvalue weighted by Crippen LogP contribution is -2.25. The Labute approximate surface area is 251 Å². The van der Waals surface area contributed by atoms with Crippen LogP contribution < -0.4 is 4.74 Å². The molecule has 2 nitrogen and oxygen atoms in total. The molecular weight excluding hydrogens is 583 g/mol. The van der Waals surface area contributed by atoms with Crippen molar-refractivity contribution in [2.45, 2.75) is 70.3 Å². The van der Waals surface area contributed by atoms with Crippen LogP contribution in [0.1, 0.15) is 75.3 Å². The lowest BCUT2D eigenvalue weighted by molar-refractivity contribution is -0.189. The van der Waals surface area contributed by atoms with Gasteiger partial charge in [-0.15, -0.1) is 0 Å². The highest BCUT2D eigenvalue weighted by molar-refractivity contribution is 5.70. The third kappa shape index (κ3) is 7.08. The third-order valence-corrected chi connectivity index (χ3v) is 8.37. The Morgan fingerprint density at radius 1 is 0.727 bits per heavy atom. The smallest absolute Gasteiger partial charge is 0.429 e. The van der Waals surface area contributed by atoms with Gasteiger partial charge in [-0.25, -0.2) is 22.0 Å². The number of hydrogen-bond donors (Lipinski definition) is 0. The van der Waals surface area contributed by atoms with Crippen molar-refractivity contribution in [1.29, 1.82) is 0 Å². The minimum atomic E-state index is -4.58. The van der Waals surface area contributed by atoms with Crippen LogP contribution in [0.3, 0.4) is 0 Å². The van der Waals surface area contributed by atoms with Crippen LogP contribution in [0.15, 0.2) is 66.9 Å². The van der Waals surface area contributed by atoms with Gasteiger partial charge in [-0.2, -0.15) is 8.78 Å². The zero-order valence-electron chi connectivity index (χ0n) is 24.2. The summed E-state index contributed by atoms with van der Waals surface area (Å²) < 4.78 is 105. The molecule has 44 heavy (non-hydrogen) atoms. The summed E-state index contributed by atoms with van der Waals surface area (Å²) in [7, 11) is 0. The lowest BCUT2D eigenvalue weighted by Gasteiger charge is -2.28. The van der Waals surface area contributed by atoms with E-state index in [4.69, 9.17) is 0 Å². The van der Waals surface area contributed by atoms with Gasteiger partial charge in [0.15, 0.2) is 11.6 Å². The first-order chi connectivity index (χ1) is 21.1. The highest BCUT2D eigenvalue weighted by Gasteiger charge is 2.41. The fourth-order valence-electron chi connectivity index (χ4n) is 5.94. The van der Waals surface area contributed by atoms with E-state index in [-0.39, 0.29) is 11.1 Å². The minimum absolute atomic E-state index is 0.213. The Morgan fingerprint density at radius 3 is 2.05 bits per heavy atom. The van der Waals surface area contributed by atoms with Gasteiger partial charge in [0.05, 0.1) is 5.69 Å². The van der Waals surface area contributed by atoms with Crippen LogP contribution >= 0.6 is 0 Å². The maximum absolute atomic E-state index is 15.2. The highest BCUT2D eigenvalue weighted by Crippen LogP contribution is 2.40. The van der Waals surface area contributed by atoms with Crippen LogP contribution in [-0.2, 0) is 6.11 Å². The molecule has 232 valence electrons. The van der Waals surface area contributed by atoms with Crippen molar-refractivity contribution in [3.05, 3.63) is 107 Å². The molecule has 0 spiro atoms. The molecule has 4 aromatic rings. The molecule has 1 saturated carbocycles. The molecule has 1 aromatic heterocycles. The Hall–Kier alpha value is -3.88. The lowest BCUT2D eigenvalue weighted by atomic mass is 9.77. The number of benzene rings is 3. The summed E-state index contributed by atoms with van der Waals surface area (Å²) in [4.78, 5) is 4.53. The predicted octanol–water partition coefficient (Wildman–Crippen LogP) is 11.1. The van der Waals surface area contributed by atoms with E-state index >= 15 is 4.39 Å². The van der Waals surface area contributed by atoms with Gasteiger partial charge < -0.3 is 4.74 Å². The average molecular weight is 616 g/mol. The second-order valence-electron chi connectivity index (χ2n) is 11.4. The topological polar surface area (TPSA) is 22.1 Å². The van der Waals surface area contributed by atoms with Crippen LogP contribution in [0.2, 0.25) is 0 Å². The minimum Gasteiger partial charge on any atom is -0.429 e. The molecular formula is C35H32F7NO. The van der Waals surface area contributed by atoms with Gasteiger partial charge in [0.1, 0.15) is 28.8 Å². The van der Waals surface area contributed by atoms with E-state index in [1.54, 1.807) is 0 Å². The third-order valence-electron chi connectivity index (χ3n) is 8.37. The van der Waals surface area contributed by atoms with Crippen molar-refractivity contribution >= 4 is 0 Å². The van der Waals surface area contributed by atoms with Crippen LogP contribution in [0.25, 0.3) is 22.4 Å². The molecule has 0 amide bonds. The molecule has 5 rings (SSSR count). The molecule has 1 heterocycles. The van der Waals surface area contributed by atoms with E-state index in [2.05, 4.69) is 16.6 Å². The van der Waals surface area contributed by atoms with Crippen molar-refractivity contribution < 1.29 is 35.5 Å². The van der Waals surface area contributed by atoms with Gasteiger partial charge in [0, 0.05) is 23.4 Å². The maximum atomic E-state index is 15.2. The van der Waals surface area contributed by atoms with Crippen molar-refractivity contribution in [3.8, 4) is 28.1 Å². The van der Waals surface area contributed by atoms with Crippen LogP contribution in [0, 0.1) is 35.0 Å². The number of unbranched alkanes of at least 4 members (excludes halogenated alkanes) is 2. The predicted molar refractivity (Wildman–Crippen MR) is 155 cm³/mol.